The van der Waals surface area contributed by atoms with Gasteiger partial charge >= 0.3 is 0 Å². The van der Waals surface area contributed by atoms with Crippen molar-refractivity contribution in [2.24, 2.45) is 0 Å². The number of nitrogens with one attached hydrogen (secondary N) is 1. The Morgan fingerprint density at radius 3 is 2.65 bits per heavy atom. The first kappa shape index (κ1) is 15.3. The highest BCUT2D eigenvalue weighted by Gasteiger charge is 2.15. The lowest BCUT2D eigenvalue weighted by atomic mass is 10.1. The molecule has 1 aromatic rings. The third-order valence-electron chi connectivity index (χ3n) is 3.44. The minimum absolute atomic E-state index is 0.228. The van der Waals surface area contributed by atoms with Crippen molar-refractivity contribution >= 4 is 10.8 Å². The molecule has 0 saturated heterocycles. The molecule has 0 spiro atoms. The largest absolute Gasteiger partial charge is 0.486 e. The molecular formula is C15H23NO3S. The van der Waals surface area contributed by atoms with Gasteiger partial charge in [-0.3, -0.25) is 4.21 Å². The van der Waals surface area contributed by atoms with Crippen LogP contribution in [-0.2, 0) is 10.8 Å². The van der Waals surface area contributed by atoms with E-state index in [0.29, 0.717) is 19.3 Å². The predicted molar refractivity (Wildman–Crippen MR) is 82.0 cm³/mol. The molecule has 1 aliphatic heterocycles. The molecule has 1 aromatic carbocycles. The summed E-state index contributed by atoms with van der Waals surface area (Å²) < 4.78 is 22.2. The van der Waals surface area contributed by atoms with Crippen LogP contribution in [0.5, 0.6) is 11.5 Å². The summed E-state index contributed by atoms with van der Waals surface area (Å²) in [5.41, 5.74) is 1.18. The van der Waals surface area contributed by atoms with Crippen LogP contribution in [0, 0.1) is 0 Å². The summed E-state index contributed by atoms with van der Waals surface area (Å²) in [6, 6.07) is 6.63. The van der Waals surface area contributed by atoms with E-state index in [1.165, 1.54) is 5.56 Å². The second-order valence-corrected chi connectivity index (χ2v) is 6.81. The topological polar surface area (TPSA) is 47.6 Å². The van der Waals surface area contributed by atoms with Crippen molar-refractivity contribution in [3.63, 3.8) is 0 Å². The molecule has 1 N–H and O–H groups in total. The second-order valence-electron chi connectivity index (χ2n) is 5.26. The van der Waals surface area contributed by atoms with E-state index >= 15 is 0 Å². The lowest BCUT2D eigenvalue weighted by molar-refractivity contribution is 0.171. The van der Waals surface area contributed by atoms with Crippen LogP contribution in [-0.4, -0.2) is 35.5 Å². The average molecular weight is 297 g/mol. The molecule has 0 saturated carbocycles. The maximum absolute atomic E-state index is 11.1. The highest BCUT2D eigenvalue weighted by molar-refractivity contribution is 7.84. The van der Waals surface area contributed by atoms with Gasteiger partial charge in [-0.25, -0.2) is 0 Å². The fourth-order valence-electron chi connectivity index (χ4n) is 2.28. The molecule has 3 unspecified atom stereocenters. The summed E-state index contributed by atoms with van der Waals surface area (Å²) in [6.07, 6.45) is 2.66. The SMILES string of the molecule is CC(CCS(C)=O)NC(C)c1ccc2c(c1)OCCO2. The molecule has 4 nitrogen and oxygen atoms in total. The van der Waals surface area contributed by atoms with E-state index in [-0.39, 0.29) is 6.04 Å². The quantitative estimate of drug-likeness (QED) is 0.875. The van der Waals surface area contributed by atoms with Crippen LogP contribution in [0.25, 0.3) is 0 Å². The Labute approximate surface area is 123 Å². The van der Waals surface area contributed by atoms with Gasteiger partial charge in [0.25, 0.3) is 0 Å². The van der Waals surface area contributed by atoms with E-state index < -0.39 is 10.8 Å². The summed E-state index contributed by atoms with van der Waals surface area (Å²) in [7, 11) is -0.724. The van der Waals surface area contributed by atoms with E-state index in [9.17, 15) is 4.21 Å². The number of rotatable bonds is 6. The van der Waals surface area contributed by atoms with E-state index in [2.05, 4.69) is 25.2 Å². The van der Waals surface area contributed by atoms with Gasteiger partial charge in [0.1, 0.15) is 13.2 Å². The smallest absolute Gasteiger partial charge is 0.161 e. The first-order valence-corrected chi connectivity index (χ1v) is 8.74. The average Bonchev–Trinajstić information content (AvgIpc) is 2.44. The van der Waals surface area contributed by atoms with Crippen molar-refractivity contribution in [2.75, 3.05) is 25.2 Å². The zero-order valence-electron chi connectivity index (χ0n) is 12.3. The van der Waals surface area contributed by atoms with Crippen LogP contribution in [0.1, 0.15) is 31.9 Å². The fourth-order valence-corrected chi connectivity index (χ4v) is 2.96. The maximum atomic E-state index is 11.1. The normalized spacial score (nSPS) is 18.4. The van der Waals surface area contributed by atoms with Crippen LogP contribution < -0.4 is 14.8 Å². The molecule has 2 rings (SSSR count). The molecular weight excluding hydrogens is 274 g/mol. The number of fused-ring (bicyclic) bond motifs is 1. The van der Waals surface area contributed by atoms with Crippen LogP contribution >= 0.6 is 0 Å². The zero-order chi connectivity index (χ0) is 14.5. The van der Waals surface area contributed by atoms with Gasteiger partial charge in [-0.05, 0) is 38.0 Å². The number of ether oxygens (including phenoxy) is 2. The summed E-state index contributed by atoms with van der Waals surface area (Å²) in [6.45, 7) is 5.48. The minimum Gasteiger partial charge on any atom is -0.486 e. The Hall–Kier alpha value is -1.07. The molecule has 0 bridgehead atoms. The predicted octanol–water partition coefficient (Wildman–Crippen LogP) is 2.27. The molecule has 5 heteroatoms. The van der Waals surface area contributed by atoms with E-state index in [0.717, 1.165) is 23.7 Å². The molecule has 0 radical (unpaired) electrons. The Morgan fingerprint density at radius 2 is 1.95 bits per heavy atom. The molecule has 20 heavy (non-hydrogen) atoms. The zero-order valence-corrected chi connectivity index (χ0v) is 13.2. The molecule has 0 aromatic heterocycles. The standard InChI is InChI=1S/C15H23NO3S/c1-11(6-9-20(3)17)16-12(2)13-4-5-14-15(10-13)19-8-7-18-14/h4-5,10-12,16H,6-9H2,1-3H3. The highest BCUT2D eigenvalue weighted by Crippen LogP contribution is 2.32. The van der Waals surface area contributed by atoms with Crippen molar-refractivity contribution in [1.82, 2.24) is 5.32 Å². The Kier molecular flexibility index (Phi) is 5.43. The van der Waals surface area contributed by atoms with E-state index in [1.807, 2.05) is 12.1 Å². The van der Waals surface area contributed by atoms with Crippen molar-refractivity contribution in [2.45, 2.75) is 32.4 Å². The molecule has 0 amide bonds. The van der Waals surface area contributed by atoms with Crippen LogP contribution in [0.15, 0.2) is 18.2 Å². The Balaban J connectivity index is 1.95. The highest BCUT2D eigenvalue weighted by atomic mass is 32.2. The van der Waals surface area contributed by atoms with Gasteiger partial charge in [-0.1, -0.05) is 6.07 Å². The first-order valence-electron chi connectivity index (χ1n) is 7.02. The van der Waals surface area contributed by atoms with E-state index in [4.69, 9.17) is 9.47 Å². The van der Waals surface area contributed by atoms with Crippen LogP contribution in [0.2, 0.25) is 0 Å². The summed E-state index contributed by atoms with van der Waals surface area (Å²) in [5, 5.41) is 3.53. The molecule has 1 aliphatic rings. The van der Waals surface area contributed by atoms with Gasteiger partial charge in [-0.2, -0.15) is 0 Å². The molecule has 112 valence electrons. The molecule has 3 atom stereocenters. The van der Waals surface area contributed by atoms with Crippen molar-refractivity contribution in [1.29, 1.82) is 0 Å². The third kappa shape index (κ3) is 4.21. The number of hydrogen-bond acceptors (Lipinski definition) is 4. The maximum Gasteiger partial charge on any atom is 0.161 e. The van der Waals surface area contributed by atoms with Crippen molar-refractivity contribution in [3.8, 4) is 11.5 Å². The van der Waals surface area contributed by atoms with E-state index in [1.54, 1.807) is 6.26 Å². The lowest BCUT2D eigenvalue weighted by Gasteiger charge is -2.23. The van der Waals surface area contributed by atoms with Gasteiger partial charge in [-0.15, -0.1) is 0 Å². The van der Waals surface area contributed by atoms with Gasteiger partial charge in [0.05, 0.1) is 0 Å². The minimum atomic E-state index is -0.724. The summed E-state index contributed by atoms with van der Waals surface area (Å²) in [5.74, 6) is 2.38. The van der Waals surface area contributed by atoms with Gasteiger partial charge in [0, 0.05) is 34.9 Å². The summed E-state index contributed by atoms with van der Waals surface area (Å²) >= 11 is 0. The Bertz CT molecular complexity index is 478. The number of hydrogen-bond donors (Lipinski definition) is 1. The van der Waals surface area contributed by atoms with Gasteiger partial charge in [0.2, 0.25) is 0 Å². The van der Waals surface area contributed by atoms with Gasteiger partial charge in [0.15, 0.2) is 11.5 Å². The summed E-state index contributed by atoms with van der Waals surface area (Å²) in [4.78, 5) is 0. The third-order valence-corrected chi connectivity index (χ3v) is 4.25. The second kappa shape index (κ2) is 7.09. The fraction of sp³-hybridized carbons (Fsp3) is 0.600. The molecule has 0 aliphatic carbocycles. The number of benzene rings is 1. The van der Waals surface area contributed by atoms with Crippen molar-refractivity contribution < 1.29 is 13.7 Å². The molecule has 0 fully saturated rings. The lowest BCUT2D eigenvalue weighted by Crippen LogP contribution is -2.30. The van der Waals surface area contributed by atoms with Crippen molar-refractivity contribution in [3.05, 3.63) is 23.8 Å². The van der Waals surface area contributed by atoms with Gasteiger partial charge < -0.3 is 14.8 Å². The monoisotopic (exact) mass is 297 g/mol. The molecule has 1 heterocycles. The van der Waals surface area contributed by atoms with Crippen LogP contribution in [0.4, 0.5) is 0 Å². The first-order chi connectivity index (χ1) is 9.56. The van der Waals surface area contributed by atoms with Crippen LogP contribution in [0.3, 0.4) is 0 Å². The Morgan fingerprint density at radius 1 is 1.25 bits per heavy atom.